The Morgan fingerprint density at radius 3 is 2.91 bits per heavy atom. The van der Waals surface area contributed by atoms with Crippen molar-refractivity contribution in [1.29, 1.82) is 0 Å². The number of quaternary nitrogens is 1. The van der Waals surface area contributed by atoms with Gasteiger partial charge < -0.3 is 38.3 Å². The highest BCUT2D eigenvalue weighted by molar-refractivity contribution is 9.10. The summed E-state index contributed by atoms with van der Waals surface area (Å²) in [4.78, 5) is 11.8. The number of aromatic hydroxyl groups is 1. The van der Waals surface area contributed by atoms with Gasteiger partial charge in [-0.25, -0.2) is 0 Å². The molecule has 22 heavy (non-hydrogen) atoms. The molecule has 3 aliphatic rings. The zero-order chi connectivity index (χ0) is 15.0. The molecule has 3 unspecified atom stereocenters. The third-order valence-electron chi connectivity index (χ3n) is 5.45. The van der Waals surface area contributed by atoms with E-state index in [4.69, 9.17) is 4.74 Å². The molecule has 6 heteroatoms. The number of phenolic OH excluding ortho intramolecular Hbond substituents is 1. The summed E-state index contributed by atoms with van der Waals surface area (Å²) in [6.07, 6.45) is 4.25. The highest BCUT2D eigenvalue weighted by Gasteiger charge is 2.68. The van der Waals surface area contributed by atoms with Crippen molar-refractivity contribution >= 4 is 21.7 Å². The SMILES string of the molecule is COc1cc(Br)c2c(c1O)C13C=CC(=O)CC1[N+](C)(C2)C3.[I-]. The predicted molar refractivity (Wildman–Crippen MR) is 81.3 cm³/mol. The van der Waals surface area contributed by atoms with E-state index in [1.54, 1.807) is 13.2 Å². The van der Waals surface area contributed by atoms with Crippen LogP contribution in [0.25, 0.3) is 0 Å². The summed E-state index contributed by atoms with van der Waals surface area (Å²) in [7, 11) is 3.76. The van der Waals surface area contributed by atoms with Crippen molar-refractivity contribution in [3.8, 4) is 11.5 Å². The van der Waals surface area contributed by atoms with Crippen LogP contribution in [0.5, 0.6) is 11.5 Å². The maximum absolute atomic E-state index is 11.8. The van der Waals surface area contributed by atoms with E-state index in [0.717, 1.165) is 33.2 Å². The zero-order valence-corrected chi connectivity index (χ0v) is 16.1. The minimum Gasteiger partial charge on any atom is -1.00 e. The molecule has 1 aromatic carbocycles. The summed E-state index contributed by atoms with van der Waals surface area (Å²) in [5.74, 6) is 0.900. The summed E-state index contributed by atoms with van der Waals surface area (Å²) in [5.41, 5.74) is 1.86. The van der Waals surface area contributed by atoms with Gasteiger partial charge in [0.25, 0.3) is 0 Å². The highest BCUT2D eigenvalue weighted by Crippen LogP contribution is 2.60. The van der Waals surface area contributed by atoms with Gasteiger partial charge in [0.15, 0.2) is 17.3 Å². The van der Waals surface area contributed by atoms with Crippen molar-refractivity contribution in [3.63, 3.8) is 0 Å². The molecule has 2 bridgehead atoms. The summed E-state index contributed by atoms with van der Waals surface area (Å²) < 4.78 is 7.14. The second-order valence-electron chi connectivity index (χ2n) is 6.62. The van der Waals surface area contributed by atoms with Crippen molar-refractivity contribution in [2.75, 3.05) is 20.7 Å². The van der Waals surface area contributed by atoms with Gasteiger partial charge >= 0.3 is 0 Å². The minimum atomic E-state index is -0.225. The quantitative estimate of drug-likeness (QED) is 0.429. The fourth-order valence-corrected chi connectivity index (χ4v) is 5.18. The summed E-state index contributed by atoms with van der Waals surface area (Å²) >= 11 is 3.61. The molecule has 3 atom stereocenters. The van der Waals surface area contributed by atoms with E-state index in [2.05, 4.69) is 23.0 Å². The van der Waals surface area contributed by atoms with Gasteiger partial charge in [-0.1, -0.05) is 22.0 Å². The van der Waals surface area contributed by atoms with Crippen LogP contribution in [-0.4, -0.2) is 42.1 Å². The Balaban J connectivity index is 0.00000144. The van der Waals surface area contributed by atoms with E-state index in [-0.39, 0.29) is 47.0 Å². The number of ether oxygens (including phenoxy) is 1. The lowest BCUT2D eigenvalue weighted by molar-refractivity contribution is -0.999. The fraction of sp³-hybridized carbons (Fsp3) is 0.438. The maximum Gasteiger partial charge on any atom is 0.162 e. The molecule has 1 saturated heterocycles. The van der Waals surface area contributed by atoms with Gasteiger partial charge in [-0.05, 0) is 12.1 Å². The lowest BCUT2D eigenvalue weighted by Gasteiger charge is -2.65. The molecule has 118 valence electrons. The van der Waals surface area contributed by atoms with Crippen LogP contribution < -0.4 is 28.7 Å². The molecular weight excluding hydrogens is 461 g/mol. The number of allylic oxidation sites excluding steroid dienone is 1. The van der Waals surface area contributed by atoms with Crippen molar-refractivity contribution in [2.45, 2.75) is 24.4 Å². The smallest absolute Gasteiger partial charge is 0.162 e. The summed E-state index contributed by atoms with van der Waals surface area (Å²) in [6.45, 7) is 1.77. The first-order valence-electron chi connectivity index (χ1n) is 7.06. The van der Waals surface area contributed by atoms with Crippen molar-refractivity contribution in [3.05, 3.63) is 33.8 Å². The normalized spacial score (nSPS) is 34.1. The molecule has 2 aliphatic heterocycles. The number of likely N-dealkylation sites (N-methyl/N-ethyl adjacent to an activating group) is 1. The number of hydrogen-bond donors (Lipinski definition) is 1. The van der Waals surface area contributed by atoms with Gasteiger partial charge in [-0.3, -0.25) is 4.79 Å². The highest BCUT2D eigenvalue weighted by atomic mass is 127. The van der Waals surface area contributed by atoms with Gasteiger partial charge in [-0.15, -0.1) is 0 Å². The Kier molecular flexibility index (Phi) is 3.66. The van der Waals surface area contributed by atoms with Crippen LogP contribution in [0.2, 0.25) is 0 Å². The third kappa shape index (κ3) is 1.80. The van der Waals surface area contributed by atoms with E-state index in [1.165, 1.54) is 0 Å². The van der Waals surface area contributed by atoms with Crippen LogP contribution in [0.15, 0.2) is 22.7 Å². The Labute approximate surface area is 154 Å². The Bertz CT molecular complexity index is 720. The third-order valence-corrected chi connectivity index (χ3v) is 6.16. The molecule has 0 aromatic heterocycles. The van der Waals surface area contributed by atoms with Crippen molar-refractivity contribution in [1.82, 2.24) is 0 Å². The summed E-state index contributed by atoms with van der Waals surface area (Å²) in [5, 5.41) is 10.7. The molecular formula is C16H17BrINO3. The molecule has 4 nitrogen and oxygen atoms in total. The number of rotatable bonds is 1. The van der Waals surface area contributed by atoms with Gasteiger partial charge in [-0.2, -0.15) is 0 Å². The number of carbonyl (C=O) groups is 1. The first kappa shape index (κ1) is 16.3. The van der Waals surface area contributed by atoms with Crippen molar-refractivity contribution < 1.29 is 43.1 Å². The Morgan fingerprint density at radius 2 is 2.23 bits per heavy atom. The molecule has 4 rings (SSSR count). The largest absolute Gasteiger partial charge is 1.00 e. The van der Waals surface area contributed by atoms with Crippen LogP contribution >= 0.6 is 15.9 Å². The van der Waals surface area contributed by atoms with Crippen LogP contribution in [-0.2, 0) is 16.8 Å². The molecule has 0 spiro atoms. The number of carbonyl (C=O) groups excluding carboxylic acids is 1. The van der Waals surface area contributed by atoms with Gasteiger partial charge in [0.05, 0.1) is 27.1 Å². The number of ketones is 1. The lowest BCUT2D eigenvalue weighted by Crippen LogP contribution is -3.00. The number of phenols is 1. The molecule has 1 aromatic rings. The van der Waals surface area contributed by atoms with E-state index in [1.807, 2.05) is 12.1 Å². The van der Waals surface area contributed by atoms with Crippen molar-refractivity contribution in [2.24, 2.45) is 0 Å². The predicted octanol–water partition coefficient (Wildman–Crippen LogP) is -0.724. The minimum absolute atomic E-state index is 0. The Morgan fingerprint density at radius 1 is 1.50 bits per heavy atom. The molecule has 0 amide bonds. The molecule has 0 saturated carbocycles. The van der Waals surface area contributed by atoms with E-state index in [0.29, 0.717) is 12.2 Å². The monoisotopic (exact) mass is 477 g/mol. The van der Waals surface area contributed by atoms with Gasteiger partial charge in [0, 0.05) is 15.6 Å². The van der Waals surface area contributed by atoms with Crippen LogP contribution in [0.4, 0.5) is 0 Å². The number of methoxy groups -OCH3 is 1. The number of benzene rings is 1. The van der Waals surface area contributed by atoms with E-state index in [9.17, 15) is 9.90 Å². The molecule has 0 radical (unpaired) electrons. The second kappa shape index (κ2) is 4.95. The average Bonchev–Trinajstić information content (AvgIpc) is 2.44. The first-order chi connectivity index (χ1) is 9.91. The number of nitrogens with zero attached hydrogens (tertiary/aromatic N) is 1. The topological polar surface area (TPSA) is 46.5 Å². The molecule has 2 heterocycles. The van der Waals surface area contributed by atoms with E-state index >= 15 is 0 Å². The maximum atomic E-state index is 11.8. The van der Waals surface area contributed by atoms with Crippen LogP contribution in [0, 0.1) is 0 Å². The molecule has 1 N–H and O–H groups in total. The molecule has 1 fully saturated rings. The van der Waals surface area contributed by atoms with Crippen LogP contribution in [0.3, 0.4) is 0 Å². The fourth-order valence-electron chi connectivity index (χ4n) is 4.65. The zero-order valence-electron chi connectivity index (χ0n) is 12.4. The molecule has 1 aliphatic carbocycles. The second-order valence-corrected chi connectivity index (χ2v) is 7.47. The number of halogens is 2. The number of hydrogen-bond acceptors (Lipinski definition) is 3. The standard InChI is InChI=1S/C16H16BrNO3.HI/c1-18-7-10-11(17)6-12(21-2)15(20)14(10)16(8-18)4-3-9(19)5-13(16)18;/h3-4,6,13H,5,7-8H2,1-2H3;1H. The van der Waals surface area contributed by atoms with Gasteiger partial charge in [0.1, 0.15) is 18.0 Å². The average molecular weight is 478 g/mol. The number of fused-ring (bicyclic) bond motifs is 1. The first-order valence-corrected chi connectivity index (χ1v) is 7.86. The Hall–Kier alpha value is -0.600. The summed E-state index contributed by atoms with van der Waals surface area (Å²) in [6, 6.07) is 2.06. The van der Waals surface area contributed by atoms with Gasteiger partial charge in [0.2, 0.25) is 0 Å². The van der Waals surface area contributed by atoms with E-state index < -0.39 is 0 Å². The lowest BCUT2D eigenvalue weighted by atomic mass is 9.57. The van der Waals surface area contributed by atoms with Crippen LogP contribution in [0.1, 0.15) is 17.5 Å².